The van der Waals surface area contributed by atoms with Gasteiger partial charge in [-0.25, -0.2) is 0 Å². The lowest BCUT2D eigenvalue weighted by atomic mass is 9.76. The van der Waals surface area contributed by atoms with E-state index in [1.807, 2.05) is 0 Å². The van der Waals surface area contributed by atoms with Crippen LogP contribution in [0.25, 0.3) is 0 Å². The standard InChI is InChI=1S/C22H32O3/c23-15-19-14-20(16-7-3-1-4-8-16)18(11-12-22(24)25)13-21(19)17-9-5-2-6-10-17/h13-14,16-17,23H,1-12,15H2,(H,24,25). The van der Waals surface area contributed by atoms with E-state index in [9.17, 15) is 9.90 Å². The van der Waals surface area contributed by atoms with Gasteiger partial charge in [-0.05, 0) is 66.2 Å². The second kappa shape index (κ2) is 8.84. The van der Waals surface area contributed by atoms with Gasteiger partial charge in [0.1, 0.15) is 0 Å². The zero-order valence-corrected chi connectivity index (χ0v) is 15.3. The van der Waals surface area contributed by atoms with Crippen molar-refractivity contribution in [1.29, 1.82) is 0 Å². The predicted molar refractivity (Wildman–Crippen MR) is 100.0 cm³/mol. The van der Waals surface area contributed by atoms with Gasteiger partial charge in [-0.1, -0.05) is 50.7 Å². The minimum atomic E-state index is -0.722. The fourth-order valence-electron chi connectivity index (χ4n) is 4.91. The number of aryl methyl sites for hydroxylation is 1. The third-order valence-corrected chi connectivity index (χ3v) is 6.27. The Hall–Kier alpha value is -1.35. The third-order valence-electron chi connectivity index (χ3n) is 6.27. The maximum Gasteiger partial charge on any atom is 0.303 e. The van der Waals surface area contributed by atoms with Crippen molar-refractivity contribution in [2.45, 2.75) is 95.5 Å². The fraction of sp³-hybridized carbons (Fsp3) is 0.682. The molecule has 3 nitrogen and oxygen atoms in total. The fourth-order valence-corrected chi connectivity index (χ4v) is 4.91. The van der Waals surface area contributed by atoms with Gasteiger partial charge in [0, 0.05) is 6.42 Å². The monoisotopic (exact) mass is 344 g/mol. The summed E-state index contributed by atoms with van der Waals surface area (Å²) in [6.07, 6.45) is 13.3. The lowest BCUT2D eigenvalue weighted by Gasteiger charge is -2.29. The quantitative estimate of drug-likeness (QED) is 0.737. The Morgan fingerprint density at radius 2 is 1.32 bits per heavy atom. The molecule has 3 rings (SSSR count). The van der Waals surface area contributed by atoms with Gasteiger partial charge in [-0.15, -0.1) is 0 Å². The Morgan fingerprint density at radius 1 is 0.840 bits per heavy atom. The van der Waals surface area contributed by atoms with Gasteiger partial charge in [0.15, 0.2) is 0 Å². The number of aliphatic hydroxyl groups excluding tert-OH is 1. The van der Waals surface area contributed by atoms with Crippen LogP contribution in [0, 0.1) is 0 Å². The summed E-state index contributed by atoms with van der Waals surface area (Å²) in [6.45, 7) is 0.102. The van der Waals surface area contributed by atoms with E-state index in [1.54, 1.807) is 0 Å². The highest BCUT2D eigenvalue weighted by Crippen LogP contribution is 2.40. The average Bonchev–Trinajstić information content (AvgIpc) is 2.67. The van der Waals surface area contributed by atoms with Crippen LogP contribution in [0.2, 0.25) is 0 Å². The molecule has 0 aromatic heterocycles. The largest absolute Gasteiger partial charge is 0.481 e. The van der Waals surface area contributed by atoms with Crippen LogP contribution in [0.3, 0.4) is 0 Å². The summed E-state index contributed by atoms with van der Waals surface area (Å²) >= 11 is 0. The molecule has 2 fully saturated rings. The van der Waals surface area contributed by atoms with Crippen LogP contribution in [0.1, 0.15) is 105 Å². The van der Waals surface area contributed by atoms with Crippen LogP contribution in [0.5, 0.6) is 0 Å². The number of benzene rings is 1. The molecule has 0 aliphatic heterocycles. The molecule has 3 heteroatoms. The van der Waals surface area contributed by atoms with Crippen molar-refractivity contribution in [3.63, 3.8) is 0 Å². The van der Waals surface area contributed by atoms with Crippen LogP contribution in [-0.4, -0.2) is 16.2 Å². The van der Waals surface area contributed by atoms with Crippen molar-refractivity contribution < 1.29 is 15.0 Å². The number of aliphatic carboxylic acids is 1. The molecule has 0 saturated heterocycles. The van der Waals surface area contributed by atoms with Gasteiger partial charge >= 0.3 is 5.97 Å². The van der Waals surface area contributed by atoms with Crippen LogP contribution in [0.15, 0.2) is 12.1 Å². The molecule has 1 aromatic rings. The number of carboxylic acids is 1. The highest BCUT2D eigenvalue weighted by molar-refractivity contribution is 5.67. The number of hydrogen-bond donors (Lipinski definition) is 2. The molecule has 138 valence electrons. The number of carbonyl (C=O) groups is 1. The summed E-state index contributed by atoms with van der Waals surface area (Å²) < 4.78 is 0. The van der Waals surface area contributed by atoms with Crippen molar-refractivity contribution in [1.82, 2.24) is 0 Å². The van der Waals surface area contributed by atoms with E-state index < -0.39 is 5.97 Å². The first-order valence-corrected chi connectivity index (χ1v) is 10.2. The van der Waals surface area contributed by atoms with Gasteiger partial charge in [0.05, 0.1) is 6.61 Å². The Bertz CT molecular complexity index is 581. The molecule has 1 aromatic carbocycles. The number of rotatable bonds is 6. The summed E-state index contributed by atoms with van der Waals surface area (Å²) in [5.41, 5.74) is 4.94. The molecule has 2 aliphatic carbocycles. The lowest BCUT2D eigenvalue weighted by molar-refractivity contribution is -0.136. The Morgan fingerprint density at radius 3 is 1.80 bits per heavy atom. The second-order valence-electron chi connectivity index (χ2n) is 7.97. The third kappa shape index (κ3) is 4.63. The first-order chi connectivity index (χ1) is 12.2. The minimum absolute atomic E-state index is 0.102. The molecule has 2 aliphatic rings. The van der Waals surface area contributed by atoms with E-state index in [0.717, 1.165) is 5.56 Å². The smallest absolute Gasteiger partial charge is 0.303 e. The normalized spacial score (nSPS) is 19.9. The number of aliphatic hydroxyl groups is 1. The van der Waals surface area contributed by atoms with E-state index in [4.69, 9.17) is 5.11 Å². The summed E-state index contributed by atoms with van der Waals surface area (Å²) in [6, 6.07) is 4.51. The van der Waals surface area contributed by atoms with Gasteiger partial charge in [0.2, 0.25) is 0 Å². The molecule has 0 bridgehead atoms. The SMILES string of the molecule is O=C(O)CCc1cc(C2CCCCC2)c(CO)cc1C1CCCCC1. The van der Waals surface area contributed by atoms with E-state index in [-0.39, 0.29) is 13.0 Å². The predicted octanol–water partition coefficient (Wildman–Crippen LogP) is 5.29. The van der Waals surface area contributed by atoms with Gasteiger partial charge < -0.3 is 10.2 Å². The van der Waals surface area contributed by atoms with E-state index in [0.29, 0.717) is 18.3 Å². The molecule has 0 radical (unpaired) electrons. The number of hydrogen-bond acceptors (Lipinski definition) is 2. The molecule has 0 atom stereocenters. The van der Waals surface area contributed by atoms with E-state index in [1.165, 1.54) is 80.9 Å². The van der Waals surface area contributed by atoms with Crippen LogP contribution in [0.4, 0.5) is 0 Å². The van der Waals surface area contributed by atoms with E-state index >= 15 is 0 Å². The Balaban J connectivity index is 1.95. The van der Waals surface area contributed by atoms with E-state index in [2.05, 4.69) is 12.1 Å². The molecule has 0 amide bonds. The molecule has 2 N–H and O–H groups in total. The maximum atomic E-state index is 11.1. The second-order valence-corrected chi connectivity index (χ2v) is 7.97. The first-order valence-electron chi connectivity index (χ1n) is 10.2. The van der Waals surface area contributed by atoms with Crippen molar-refractivity contribution in [2.75, 3.05) is 0 Å². The lowest BCUT2D eigenvalue weighted by Crippen LogP contribution is -2.13. The van der Waals surface area contributed by atoms with Gasteiger partial charge in [0.25, 0.3) is 0 Å². The Labute approximate surface area is 151 Å². The van der Waals surface area contributed by atoms with Gasteiger partial charge in [-0.2, -0.15) is 0 Å². The van der Waals surface area contributed by atoms with Crippen LogP contribution in [-0.2, 0) is 17.8 Å². The van der Waals surface area contributed by atoms with Crippen molar-refractivity contribution >= 4 is 5.97 Å². The molecule has 25 heavy (non-hydrogen) atoms. The molecule has 0 unspecified atom stereocenters. The Kier molecular flexibility index (Phi) is 6.52. The van der Waals surface area contributed by atoms with Crippen LogP contribution >= 0.6 is 0 Å². The average molecular weight is 344 g/mol. The highest BCUT2D eigenvalue weighted by atomic mass is 16.4. The topological polar surface area (TPSA) is 57.5 Å². The zero-order chi connectivity index (χ0) is 17.6. The van der Waals surface area contributed by atoms with Crippen molar-refractivity contribution in [3.8, 4) is 0 Å². The minimum Gasteiger partial charge on any atom is -0.481 e. The summed E-state index contributed by atoms with van der Waals surface area (Å²) in [5, 5.41) is 19.1. The maximum absolute atomic E-state index is 11.1. The summed E-state index contributed by atoms with van der Waals surface area (Å²) in [5.74, 6) is 0.364. The molecule has 2 saturated carbocycles. The zero-order valence-electron chi connectivity index (χ0n) is 15.3. The van der Waals surface area contributed by atoms with Crippen molar-refractivity contribution in [2.24, 2.45) is 0 Å². The highest BCUT2D eigenvalue weighted by Gasteiger charge is 2.24. The summed E-state index contributed by atoms with van der Waals surface area (Å²) in [4.78, 5) is 11.1. The van der Waals surface area contributed by atoms with Crippen LogP contribution < -0.4 is 0 Å². The molecule has 0 spiro atoms. The number of carboxylic acid groups (broad SMARTS) is 1. The van der Waals surface area contributed by atoms with Gasteiger partial charge in [-0.3, -0.25) is 4.79 Å². The summed E-state index contributed by atoms with van der Waals surface area (Å²) in [7, 11) is 0. The first kappa shape index (κ1) is 18.4. The molecular formula is C22H32O3. The molecule has 0 heterocycles. The molecular weight excluding hydrogens is 312 g/mol. The van der Waals surface area contributed by atoms with Crippen molar-refractivity contribution in [3.05, 3.63) is 34.4 Å².